The summed E-state index contributed by atoms with van der Waals surface area (Å²) in [6, 6.07) is -0.0988. The molecular formula is C13H17N3O3S. The highest BCUT2D eigenvalue weighted by molar-refractivity contribution is 7.15. The molecule has 0 bridgehead atoms. The Bertz CT molecular complexity index is 690. The summed E-state index contributed by atoms with van der Waals surface area (Å²) in [4.78, 5) is 31.0. The van der Waals surface area contributed by atoms with Gasteiger partial charge in [0.25, 0.3) is 11.5 Å². The van der Waals surface area contributed by atoms with E-state index in [9.17, 15) is 9.59 Å². The summed E-state index contributed by atoms with van der Waals surface area (Å²) in [6.07, 6.45) is 1.32. The number of fused-ring (bicyclic) bond motifs is 1. The van der Waals surface area contributed by atoms with Crippen LogP contribution in [0.15, 0.2) is 16.4 Å². The van der Waals surface area contributed by atoms with E-state index >= 15 is 0 Å². The zero-order valence-corrected chi connectivity index (χ0v) is 12.5. The molecule has 0 atom stereocenters. The number of rotatable bonds is 4. The van der Waals surface area contributed by atoms with Gasteiger partial charge in [0, 0.05) is 29.9 Å². The van der Waals surface area contributed by atoms with E-state index in [2.05, 4.69) is 4.98 Å². The first-order chi connectivity index (χ1) is 9.47. The summed E-state index contributed by atoms with van der Waals surface area (Å²) < 4.78 is 1.44. The fourth-order valence-corrected chi connectivity index (χ4v) is 2.86. The van der Waals surface area contributed by atoms with Crippen LogP contribution in [0.25, 0.3) is 4.96 Å². The summed E-state index contributed by atoms with van der Waals surface area (Å²) in [7, 11) is 0. The van der Waals surface area contributed by atoms with Crippen molar-refractivity contribution >= 4 is 22.2 Å². The number of hydrogen-bond donors (Lipinski definition) is 1. The first-order valence-electron chi connectivity index (χ1n) is 6.35. The first kappa shape index (κ1) is 14.7. The van der Waals surface area contributed by atoms with E-state index in [-0.39, 0.29) is 30.3 Å². The number of thiazole rings is 1. The SMILES string of the molecule is Cc1csc2ncc(C(=O)N(CCO)C(C)C)c(=O)n12. The minimum absolute atomic E-state index is 0.0335. The Morgan fingerprint density at radius 1 is 1.55 bits per heavy atom. The van der Waals surface area contributed by atoms with Gasteiger partial charge in [0.1, 0.15) is 5.56 Å². The monoisotopic (exact) mass is 295 g/mol. The van der Waals surface area contributed by atoms with Gasteiger partial charge >= 0.3 is 0 Å². The number of aromatic nitrogens is 2. The fraction of sp³-hybridized carbons (Fsp3) is 0.462. The Balaban J connectivity index is 2.52. The molecule has 2 rings (SSSR count). The van der Waals surface area contributed by atoms with Crippen molar-refractivity contribution in [2.45, 2.75) is 26.8 Å². The van der Waals surface area contributed by atoms with Crippen molar-refractivity contribution in [3.8, 4) is 0 Å². The molecule has 6 nitrogen and oxygen atoms in total. The van der Waals surface area contributed by atoms with Crippen LogP contribution in [0.3, 0.4) is 0 Å². The Labute approximate surface area is 120 Å². The lowest BCUT2D eigenvalue weighted by Crippen LogP contribution is -2.41. The topological polar surface area (TPSA) is 74.9 Å². The van der Waals surface area contributed by atoms with Crippen LogP contribution in [0.5, 0.6) is 0 Å². The number of carbonyl (C=O) groups excluding carboxylic acids is 1. The second kappa shape index (κ2) is 5.72. The molecule has 1 amide bonds. The molecule has 0 saturated heterocycles. The summed E-state index contributed by atoms with van der Waals surface area (Å²) >= 11 is 1.36. The van der Waals surface area contributed by atoms with Crippen LogP contribution in [-0.2, 0) is 0 Å². The lowest BCUT2D eigenvalue weighted by atomic mass is 10.2. The zero-order chi connectivity index (χ0) is 14.9. The molecule has 2 aromatic rings. The predicted octanol–water partition coefficient (Wildman–Crippen LogP) is 0.907. The molecule has 7 heteroatoms. The van der Waals surface area contributed by atoms with Gasteiger partial charge in [-0.25, -0.2) is 4.98 Å². The Morgan fingerprint density at radius 3 is 2.85 bits per heavy atom. The third-order valence-electron chi connectivity index (χ3n) is 3.07. The second-order valence-corrected chi connectivity index (χ2v) is 5.62. The highest BCUT2D eigenvalue weighted by atomic mass is 32.1. The van der Waals surface area contributed by atoms with Gasteiger partial charge in [0.05, 0.1) is 6.61 Å². The molecule has 0 spiro atoms. The summed E-state index contributed by atoms with van der Waals surface area (Å²) in [5, 5.41) is 10.9. The number of aliphatic hydroxyl groups is 1. The van der Waals surface area contributed by atoms with Gasteiger partial charge in [-0.2, -0.15) is 0 Å². The van der Waals surface area contributed by atoms with Crippen LogP contribution in [0.2, 0.25) is 0 Å². The number of amides is 1. The molecule has 0 unspecified atom stereocenters. The summed E-state index contributed by atoms with van der Waals surface area (Å²) in [5.74, 6) is -0.397. The third-order valence-corrected chi connectivity index (χ3v) is 4.03. The van der Waals surface area contributed by atoms with E-state index in [1.54, 1.807) is 6.92 Å². The van der Waals surface area contributed by atoms with Crippen molar-refractivity contribution in [3.05, 3.63) is 33.2 Å². The lowest BCUT2D eigenvalue weighted by Gasteiger charge is -2.25. The highest BCUT2D eigenvalue weighted by Gasteiger charge is 2.22. The molecule has 20 heavy (non-hydrogen) atoms. The maximum atomic E-state index is 12.4. The number of hydrogen-bond acceptors (Lipinski definition) is 5. The summed E-state index contributed by atoms with van der Waals surface area (Å²) in [6.45, 7) is 5.54. The standard InChI is InChI=1S/C13H17N3O3S/c1-8(2)15(4-5-17)11(18)10-6-14-13-16(12(10)19)9(3)7-20-13/h6-8,17H,4-5H2,1-3H3. The lowest BCUT2D eigenvalue weighted by molar-refractivity contribution is 0.0663. The first-order valence-corrected chi connectivity index (χ1v) is 7.23. The third kappa shape index (κ3) is 2.46. The average Bonchev–Trinajstić information content (AvgIpc) is 2.78. The quantitative estimate of drug-likeness (QED) is 0.909. The fourth-order valence-electron chi connectivity index (χ4n) is 2.03. The molecule has 2 aromatic heterocycles. The molecule has 0 saturated carbocycles. The van der Waals surface area contributed by atoms with Gasteiger partial charge in [-0.05, 0) is 20.8 Å². The van der Waals surface area contributed by atoms with Gasteiger partial charge in [-0.15, -0.1) is 11.3 Å². The van der Waals surface area contributed by atoms with Crippen molar-refractivity contribution in [1.29, 1.82) is 0 Å². The molecule has 0 aliphatic carbocycles. The van der Waals surface area contributed by atoms with Gasteiger partial charge in [0.15, 0.2) is 4.96 Å². The molecule has 108 valence electrons. The number of aryl methyl sites for hydroxylation is 1. The van der Waals surface area contributed by atoms with Crippen molar-refractivity contribution in [2.75, 3.05) is 13.2 Å². The normalized spacial score (nSPS) is 11.2. The van der Waals surface area contributed by atoms with Gasteiger partial charge < -0.3 is 10.0 Å². The van der Waals surface area contributed by atoms with E-state index in [1.165, 1.54) is 26.8 Å². The molecule has 0 aliphatic rings. The van der Waals surface area contributed by atoms with E-state index < -0.39 is 5.91 Å². The van der Waals surface area contributed by atoms with Crippen molar-refractivity contribution in [3.63, 3.8) is 0 Å². The number of nitrogens with zero attached hydrogens (tertiary/aromatic N) is 3. The van der Waals surface area contributed by atoms with E-state index in [0.717, 1.165) is 5.69 Å². The Hall–Kier alpha value is -1.73. The molecule has 1 N–H and O–H groups in total. The number of aliphatic hydroxyl groups excluding tert-OH is 1. The molecule has 0 radical (unpaired) electrons. The second-order valence-electron chi connectivity index (χ2n) is 4.79. The van der Waals surface area contributed by atoms with Crippen molar-refractivity contribution in [2.24, 2.45) is 0 Å². The zero-order valence-electron chi connectivity index (χ0n) is 11.7. The van der Waals surface area contributed by atoms with Crippen LogP contribution in [0.1, 0.15) is 29.9 Å². The van der Waals surface area contributed by atoms with Gasteiger partial charge in [0.2, 0.25) is 0 Å². The van der Waals surface area contributed by atoms with E-state index in [1.807, 2.05) is 19.2 Å². The van der Waals surface area contributed by atoms with Crippen LogP contribution in [0, 0.1) is 6.92 Å². The smallest absolute Gasteiger partial charge is 0.271 e. The van der Waals surface area contributed by atoms with Crippen LogP contribution in [0.4, 0.5) is 0 Å². The van der Waals surface area contributed by atoms with Crippen molar-refractivity contribution in [1.82, 2.24) is 14.3 Å². The average molecular weight is 295 g/mol. The van der Waals surface area contributed by atoms with Crippen LogP contribution in [-0.4, -0.2) is 44.5 Å². The molecule has 2 heterocycles. The van der Waals surface area contributed by atoms with Gasteiger partial charge in [-0.1, -0.05) is 0 Å². The Kier molecular flexibility index (Phi) is 4.20. The van der Waals surface area contributed by atoms with E-state index in [0.29, 0.717) is 4.96 Å². The minimum atomic E-state index is -0.397. The van der Waals surface area contributed by atoms with E-state index in [4.69, 9.17) is 5.11 Å². The Morgan fingerprint density at radius 2 is 2.25 bits per heavy atom. The molecular weight excluding hydrogens is 278 g/mol. The molecule has 0 fully saturated rings. The maximum absolute atomic E-state index is 12.4. The molecule has 0 aliphatic heterocycles. The predicted molar refractivity (Wildman–Crippen MR) is 77.3 cm³/mol. The number of carbonyl (C=O) groups is 1. The van der Waals surface area contributed by atoms with Crippen LogP contribution >= 0.6 is 11.3 Å². The maximum Gasteiger partial charge on any atom is 0.271 e. The van der Waals surface area contributed by atoms with Crippen molar-refractivity contribution < 1.29 is 9.90 Å². The van der Waals surface area contributed by atoms with Gasteiger partial charge in [-0.3, -0.25) is 14.0 Å². The minimum Gasteiger partial charge on any atom is -0.395 e. The largest absolute Gasteiger partial charge is 0.395 e. The summed E-state index contributed by atoms with van der Waals surface area (Å²) in [5.41, 5.74) is 0.434. The molecule has 0 aromatic carbocycles. The van der Waals surface area contributed by atoms with Crippen LogP contribution < -0.4 is 5.56 Å². The highest BCUT2D eigenvalue weighted by Crippen LogP contribution is 2.12.